The second-order valence-electron chi connectivity index (χ2n) is 5.62. The van der Waals surface area contributed by atoms with E-state index in [1.54, 1.807) is 0 Å². The minimum absolute atomic E-state index is 0.247. The summed E-state index contributed by atoms with van der Waals surface area (Å²) in [6.07, 6.45) is 0. The third kappa shape index (κ3) is 3.37. The molecule has 0 radical (unpaired) electrons. The van der Waals surface area contributed by atoms with Crippen molar-refractivity contribution in [2.45, 2.75) is 38.0 Å². The van der Waals surface area contributed by atoms with Crippen molar-refractivity contribution in [2.24, 2.45) is 0 Å². The van der Waals surface area contributed by atoms with Crippen LogP contribution in [-0.2, 0) is 15.0 Å². The molecule has 0 aliphatic heterocycles. The number of carbonyl (C=O) groups is 2. The van der Waals surface area contributed by atoms with Crippen LogP contribution in [0.5, 0.6) is 5.75 Å². The highest BCUT2D eigenvalue weighted by Gasteiger charge is 2.68. The summed E-state index contributed by atoms with van der Waals surface area (Å²) < 4.78 is 56.2. The van der Waals surface area contributed by atoms with Crippen molar-refractivity contribution in [3.63, 3.8) is 0 Å². The standard InChI is InChI=1S/C14H14F4O4/c1-12(2,3)8-4-6-9(7-5-8)22-11(21)14(17,18)13(15,16)10(19)20/h4-7H,1-3H3,(H,19,20). The highest BCUT2D eigenvalue weighted by Crippen LogP contribution is 2.36. The van der Waals surface area contributed by atoms with E-state index in [1.165, 1.54) is 12.1 Å². The Hall–Kier alpha value is -2.12. The number of carboxylic acids is 1. The largest absolute Gasteiger partial charge is 0.477 e. The fourth-order valence-corrected chi connectivity index (χ4v) is 1.46. The van der Waals surface area contributed by atoms with Gasteiger partial charge in [0, 0.05) is 0 Å². The smallest absolute Gasteiger partial charge is 0.416 e. The molecule has 1 N–H and O–H groups in total. The van der Waals surface area contributed by atoms with Gasteiger partial charge in [-0.3, -0.25) is 0 Å². The maximum absolute atomic E-state index is 13.2. The van der Waals surface area contributed by atoms with Crippen molar-refractivity contribution in [3.8, 4) is 5.75 Å². The van der Waals surface area contributed by atoms with Crippen molar-refractivity contribution in [3.05, 3.63) is 29.8 Å². The molecule has 0 saturated carbocycles. The Labute approximate surface area is 123 Å². The van der Waals surface area contributed by atoms with Crippen LogP contribution in [0, 0.1) is 0 Å². The molecular weight excluding hydrogens is 308 g/mol. The summed E-state index contributed by atoms with van der Waals surface area (Å²) in [7, 11) is 0. The third-order valence-corrected chi connectivity index (χ3v) is 2.85. The van der Waals surface area contributed by atoms with Gasteiger partial charge in [0.2, 0.25) is 0 Å². The van der Waals surface area contributed by atoms with E-state index in [1.807, 2.05) is 20.8 Å². The highest BCUT2D eigenvalue weighted by molar-refractivity contribution is 5.90. The van der Waals surface area contributed by atoms with Crippen LogP contribution in [0.15, 0.2) is 24.3 Å². The Bertz CT molecular complexity index is 574. The van der Waals surface area contributed by atoms with Gasteiger partial charge < -0.3 is 9.84 Å². The van der Waals surface area contributed by atoms with E-state index in [2.05, 4.69) is 4.74 Å². The van der Waals surface area contributed by atoms with Crippen LogP contribution in [0.3, 0.4) is 0 Å². The number of esters is 1. The molecule has 0 aromatic heterocycles. The second kappa shape index (κ2) is 5.58. The van der Waals surface area contributed by atoms with Crippen LogP contribution in [0.2, 0.25) is 0 Å². The molecule has 0 spiro atoms. The Balaban J connectivity index is 2.96. The maximum atomic E-state index is 13.2. The molecule has 0 atom stereocenters. The first kappa shape index (κ1) is 17.9. The van der Waals surface area contributed by atoms with Gasteiger partial charge in [-0.2, -0.15) is 17.6 Å². The number of halogens is 4. The molecule has 22 heavy (non-hydrogen) atoms. The van der Waals surface area contributed by atoms with Gasteiger partial charge >= 0.3 is 23.8 Å². The summed E-state index contributed by atoms with van der Waals surface area (Å²) in [6.45, 7) is 5.65. The summed E-state index contributed by atoms with van der Waals surface area (Å²) in [4.78, 5) is 21.3. The average molecular weight is 322 g/mol. The van der Waals surface area contributed by atoms with Gasteiger partial charge in [-0.1, -0.05) is 32.9 Å². The first-order valence-electron chi connectivity index (χ1n) is 6.12. The molecule has 0 amide bonds. The van der Waals surface area contributed by atoms with Crippen molar-refractivity contribution in [2.75, 3.05) is 0 Å². The van der Waals surface area contributed by atoms with Crippen molar-refractivity contribution < 1.29 is 37.0 Å². The number of alkyl halides is 4. The maximum Gasteiger partial charge on any atom is 0.416 e. The van der Waals surface area contributed by atoms with E-state index in [9.17, 15) is 27.2 Å². The molecular formula is C14H14F4O4. The predicted octanol–water partition coefficient (Wildman–Crippen LogP) is 3.24. The van der Waals surface area contributed by atoms with E-state index in [-0.39, 0.29) is 11.2 Å². The van der Waals surface area contributed by atoms with Crippen LogP contribution in [0.4, 0.5) is 17.6 Å². The molecule has 4 nitrogen and oxygen atoms in total. The number of hydrogen-bond donors (Lipinski definition) is 1. The fourth-order valence-electron chi connectivity index (χ4n) is 1.46. The topological polar surface area (TPSA) is 63.6 Å². The van der Waals surface area contributed by atoms with Crippen LogP contribution < -0.4 is 4.74 Å². The number of rotatable bonds is 4. The lowest BCUT2D eigenvalue weighted by Gasteiger charge is -2.21. The van der Waals surface area contributed by atoms with Crippen LogP contribution in [0.1, 0.15) is 26.3 Å². The minimum atomic E-state index is -5.56. The van der Waals surface area contributed by atoms with Crippen LogP contribution in [-0.4, -0.2) is 28.9 Å². The van der Waals surface area contributed by atoms with Crippen LogP contribution >= 0.6 is 0 Å². The van der Waals surface area contributed by atoms with Crippen LogP contribution in [0.25, 0.3) is 0 Å². The van der Waals surface area contributed by atoms with Gasteiger partial charge in [0.1, 0.15) is 5.75 Å². The monoisotopic (exact) mass is 322 g/mol. The zero-order chi connectivity index (χ0) is 17.3. The third-order valence-electron chi connectivity index (χ3n) is 2.85. The number of carboxylic acid groups (broad SMARTS) is 1. The summed E-state index contributed by atoms with van der Waals surface area (Å²) in [5.41, 5.74) is 0.554. The number of benzene rings is 1. The van der Waals surface area contributed by atoms with Gasteiger partial charge in [-0.25, -0.2) is 9.59 Å². The Morgan fingerprint density at radius 3 is 1.77 bits per heavy atom. The molecule has 0 fully saturated rings. The van der Waals surface area contributed by atoms with Crippen molar-refractivity contribution in [1.29, 1.82) is 0 Å². The lowest BCUT2D eigenvalue weighted by molar-refractivity contribution is -0.229. The summed E-state index contributed by atoms with van der Waals surface area (Å²) >= 11 is 0. The first-order valence-corrected chi connectivity index (χ1v) is 6.12. The predicted molar refractivity (Wildman–Crippen MR) is 68.3 cm³/mol. The zero-order valence-electron chi connectivity index (χ0n) is 12.0. The van der Waals surface area contributed by atoms with Gasteiger partial charge in [-0.05, 0) is 23.1 Å². The molecule has 0 aliphatic rings. The summed E-state index contributed by atoms with van der Waals surface area (Å²) in [5.74, 6) is -17.2. The van der Waals surface area contributed by atoms with Crippen molar-refractivity contribution in [1.82, 2.24) is 0 Å². The highest BCUT2D eigenvalue weighted by atomic mass is 19.3. The number of carbonyl (C=O) groups excluding carboxylic acids is 1. The lowest BCUT2D eigenvalue weighted by atomic mass is 9.87. The Morgan fingerprint density at radius 1 is 0.955 bits per heavy atom. The fraction of sp³-hybridized carbons (Fsp3) is 0.429. The normalized spacial score (nSPS) is 12.9. The minimum Gasteiger partial charge on any atom is -0.477 e. The van der Waals surface area contributed by atoms with Crippen molar-refractivity contribution >= 4 is 11.9 Å². The molecule has 0 heterocycles. The van der Waals surface area contributed by atoms with E-state index >= 15 is 0 Å². The van der Waals surface area contributed by atoms with E-state index in [0.29, 0.717) is 0 Å². The molecule has 0 bridgehead atoms. The quantitative estimate of drug-likeness (QED) is 0.525. The first-order chi connectivity index (χ1) is 9.80. The number of ether oxygens (including phenoxy) is 1. The molecule has 122 valence electrons. The van der Waals surface area contributed by atoms with Gasteiger partial charge in [-0.15, -0.1) is 0 Å². The van der Waals surface area contributed by atoms with E-state index in [0.717, 1.165) is 17.7 Å². The molecule has 1 aromatic carbocycles. The van der Waals surface area contributed by atoms with Gasteiger partial charge in [0.25, 0.3) is 0 Å². The molecule has 1 rings (SSSR count). The average Bonchev–Trinajstić information content (AvgIpc) is 2.37. The summed E-state index contributed by atoms with van der Waals surface area (Å²) in [6, 6.07) is 5.28. The number of aliphatic carboxylic acids is 1. The molecule has 8 heteroatoms. The lowest BCUT2D eigenvalue weighted by Crippen LogP contribution is -2.53. The Kier molecular flexibility index (Phi) is 4.55. The number of hydrogen-bond acceptors (Lipinski definition) is 3. The Morgan fingerprint density at radius 2 is 1.41 bits per heavy atom. The second-order valence-corrected chi connectivity index (χ2v) is 5.62. The van der Waals surface area contributed by atoms with E-state index < -0.39 is 23.8 Å². The van der Waals surface area contributed by atoms with Gasteiger partial charge in [0.15, 0.2) is 0 Å². The molecule has 1 aromatic rings. The molecule has 0 unspecified atom stereocenters. The zero-order valence-corrected chi connectivity index (χ0v) is 12.0. The molecule has 0 aliphatic carbocycles. The molecule has 0 saturated heterocycles. The van der Waals surface area contributed by atoms with Gasteiger partial charge in [0.05, 0.1) is 0 Å². The summed E-state index contributed by atoms with van der Waals surface area (Å²) in [5, 5.41) is 8.08. The van der Waals surface area contributed by atoms with E-state index in [4.69, 9.17) is 5.11 Å². The SMILES string of the molecule is CC(C)(C)c1ccc(OC(=O)C(F)(F)C(F)(F)C(=O)O)cc1.